The van der Waals surface area contributed by atoms with E-state index in [1.54, 1.807) is 43.3 Å². The van der Waals surface area contributed by atoms with Gasteiger partial charge in [0.25, 0.3) is 0 Å². The highest BCUT2D eigenvalue weighted by Crippen LogP contribution is 2.32. The van der Waals surface area contributed by atoms with Crippen molar-refractivity contribution < 1.29 is 19.4 Å². The van der Waals surface area contributed by atoms with Gasteiger partial charge < -0.3 is 9.84 Å². The van der Waals surface area contributed by atoms with E-state index in [-0.39, 0.29) is 12.4 Å². The monoisotopic (exact) mass is 316 g/mol. The fourth-order valence-electron chi connectivity index (χ4n) is 2.46. The average molecular weight is 317 g/mol. The smallest absolute Gasteiger partial charge is 0.310 e. The van der Waals surface area contributed by atoms with E-state index in [0.29, 0.717) is 27.5 Å². The van der Waals surface area contributed by atoms with Crippen LogP contribution in [0.1, 0.15) is 39.9 Å². The third-order valence-electron chi connectivity index (χ3n) is 3.82. The highest BCUT2D eigenvalue weighted by molar-refractivity contribution is 6.30. The second-order valence-electron chi connectivity index (χ2n) is 5.23. The lowest BCUT2D eigenvalue weighted by atomic mass is 9.95. The van der Waals surface area contributed by atoms with Crippen LogP contribution in [0.25, 0.3) is 0 Å². The Morgan fingerprint density at radius 1 is 1.23 bits per heavy atom. The van der Waals surface area contributed by atoms with Crippen molar-refractivity contribution in [3.8, 4) is 5.75 Å². The van der Waals surface area contributed by atoms with Crippen LogP contribution >= 0.6 is 11.6 Å². The van der Waals surface area contributed by atoms with Crippen molar-refractivity contribution in [1.82, 2.24) is 0 Å². The molecular weight excluding hydrogens is 304 g/mol. The lowest BCUT2D eigenvalue weighted by Crippen LogP contribution is -2.08. The summed E-state index contributed by atoms with van der Waals surface area (Å²) in [5.74, 6) is -1.32. The first kappa shape index (κ1) is 14.6. The Hall–Kier alpha value is -2.33. The Balaban J connectivity index is 2.06. The van der Waals surface area contributed by atoms with Crippen LogP contribution in [0.3, 0.4) is 0 Å². The number of rotatable bonds is 2. The van der Waals surface area contributed by atoms with E-state index in [0.717, 1.165) is 5.56 Å². The first-order chi connectivity index (χ1) is 10.5. The minimum atomic E-state index is -0.921. The summed E-state index contributed by atoms with van der Waals surface area (Å²) in [5.41, 5.74) is 2.31. The Morgan fingerprint density at radius 3 is 2.68 bits per heavy atom. The summed E-state index contributed by atoms with van der Waals surface area (Å²) in [6.45, 7) is 1.82. The molecule has 1 heterocycles. The van der Waals surface area contributed by atoms with Crippen molar-refractivity contribution in [3.63, 3.8) is 0 Å². The molecule has 1 aliphatic rings. The van der Waals surface area contributed by atoms with Crippen LogP contribution in [0.5, 0.6) is 5.75 Å². The summed E-state index contributed by atoms with van der Waals surface area (Å²) < 4.78 is 5.70. The van der Waals surface area contributed by atoms with Crippen molar-refractivity contribution in [2.45, 2.75) is 19.4 Å². The molecule has 0 fully saturated rings. The molecule has 1 N–H and O–H groups in total. The normalized spacial score (nSPS) is 14.4. The molecule has 3 rings (SSSR count). The van der Waals surface area contributed by atoms with E-state index in [4.69, 9.17) is 21.4 Å². The maximum atomic E-state index is 12.6. The third-order valence-corrected chi connectivity index (χ3v) is 4.05. The molecule has 0 spiro atoms. The van der Waals surface area contributed by atoms with Crippen LogP contribution in [0.2, 0.25) is 5.02 Å². The zero-order valence-corrected chi connectivity index (χ0v) is 12.6. The number of fused-ring (bicyclic) bond motifs is 2. The summed E-state index contributed by atoms with van der Waals surface area (Å²) in [5, 5.41) is 9.64. The molecule has 0 amide bonds. The van der Waals surface area contributed by atoms with Gasteiger partial charge in [-0.25, -0.2) is 0 Å². The quantitative estimate of drug-likeness (QED) is 0.918. The molecule has 0 radical (unpaired) electrons. The van der Waals surface area contributed by atoms with Crippen molar-refractivity contribution in [2.75, 3.05) is 0 Å². The molecule has 0 bridgehead atoms. The largest absolute Gasteiger partial charge is 0.488 e. The van der Waals surface area contributed by atoms with Crippen LogP contribution in [-0.2, 0) is 11.4 Å². The van der Waals surface area contributed by atoms with Gasteiger partial charge in [0.05, 0.1) is 11.5 Å². The van der Waals surface area contributed by atoms with E-state index in [2.05, 4.69) is 0 Å². The minimum Gasteiger partial charge on any atom is -0.488 e. The molecule has 4 nitrogen and oxygen atoms in total. The predicted molar refractivity (Wildman–Crippen MR) is 81.7 cm³/mol. The number of carboxylic acid groups (broad SMARTS) is 1. The maximum Gasteiger partial charge on any atom is 0.310 e. The minimum absolute atomic E-state index is 0.145. The third kappa shape index (κ3) is 2.46. The van der Waals surface area contributed by atoms with E-state index in [1.807, 2.05) is 0 Å². The molecule has 5 heteroatoms. The summed E-state index contributed by atoms with van der Waals surface area (Å²) in [7, 11) is 0. The fraction of sp³-hybridized carbons (Fsp3) is 0.176. The van der Waals surface area contributed by atoms with Gasteiger partial charge in [-0.3, -0.25) is 9.59 Å². The van der Waals surface area contributed by atoms with Gasteiger partial charge >= 0.3 is 5.97 Å². The number of ether oxygens (including phenoxy) is 1. The number of hydrogen-bond donors (Lipinski definition) is 1. The molecule has 2 aromatic rings. The first-order valence-corrected chi connectivity index (χ1v) is 7.18. The molecule has 112 valence electrons. The first-order valence-electron chi connectivity index (χ1n) is 6.80. The molecule has 0 aromatic heterocycles. The van der Waals surface area contributed by atoms with E-state index >= 15 is 0 Å². The molecule has 0 saturated carbocycles. The van der Waals surface area contributed by atoms with E-state index in [1.165, 1.54) is 0 Å². The number of aliphatic carboxylic acids is 1. The average Bonchev–Trinajstić information content (AvgIpc) is 2.63. The van der Waals surface area contributed by atoms with E-state index < -0.39 is 11.9 Å². The highest BCUT2D eigenvalue weighted by Gasteiger charge is 2.24. The Kier molecular flexibility index (Phi) is 3.62. The zero-order valence-electron chi connectivity index (χ0n) is 11.8. The number of ketones is 1. The van der Waals surface area contributed by atoms with Gasteiger partial charge in [-0.15, -0.1) is 0 Å². The molecular formula is C17H13ClO4. The Bertz CT molecular complexity index is 782. The molecule has 22 heavy (non-hydrogen) atoms. The fourth-order valence-corrected chi connectivity index (χ4v) is 2.66. The zero-order chi connectivity index (χ0) is 15.9. The van der Waals surface area contributed by atoms with Crippen molar-refractivity contribution >= 4 is 23.4 Å². The van der Waals surface area contributed by atoms with Crippen LogP contribution in [-0.4, -0.2) is 16.9 Å². The van der Waals surface area contributed by atoms with Crippen LogP contribution in [0.15, 0.2) is 36.4 Å². The van der Waals surface area contributed by atoms with Crippen LogP contribution in [0.4, 0.5) is 0 Å². The SMILES string of the molecule is CC(C(=O)O)c1ccc2c(c1)OCc1cc(Cl)ccc1C2=O. The Morgan fingerprint density at radius 2 is 1.95 bits per heavy atom. The second-order valence-corrected chi connectivity index (χ2v) is 5.67. The predicted octanol–water partition coefficient (Wildman–Crippen LogP) is 3.65. The van der Waals surface area contributed by atoms with Gasteiger partial charge in [0.1, 0.15) is 12.4 Å². The molecule has 1 unspecified atom stereocenters. The number of hydrogen-bond acceptors (Lipinski definition) is 3. The van der Waals surface area contributed by atoms with Gasteiger partial charge in [0.2, 0.25) is 0 Å². The molecule has 0 saturated heterocycles. The molecule has 0 aliphatic carbocycles. The lowest BCUT2D eigenvalue weighted by molar-refractivity contribution is -0.138. The van der Waals surface area contributed by atoms with Crippen molar-refractivity contribution in [2.24, 2.45) is 0 Å². The molecule has 1 atom stereocenters. The summed E-state index contributed by atoms with van der Waals surface area (Å²) in [4.78, 5) is 23.7. The second kappa shape index (κ2) is 5.46. The summed E-state index contributed by atoms with van der Waals surface area (Å²) in [6, 6.07) is 9.97. The number of halogens is 1. The summed E-state index contributed by atoms with van der Waals surface area (Å²) in [6.07, 6.45) is 0. The molecule has 2 aromatic carbocycles. The number of benzene rings is 2. The van der Waals surface area contributed by atoms with Crippen molar-refractivity contribution in [3.05, 3.63) is 63.7 Å². The van der Waals surface area contributed by atoms with Gasteiger partial charge in [-0.1, -0.05) is 17.7 Å². The number of carbonyl (C=O) groups excluding carboxylic acids is 1. The number of carboxylic acids is 1. The lowest BCUT2D eigenvalue weighted by Gasteiger charge is -2.11. The highest BCUT2D eigenvalue weighted by atomic mass is 35.5. The van der Waals surface area contributed by atoms with Gasteiger partial charge in [-0.05, 0) is 42.8 Å². The topological polar surface area (TPSA) is 63.6 Å². The van der Waals surface area contributed by atoms with Crippen LogP contribution in [0, 0.1) is 0 Å². The summed E-state index contributed by atoms with van der Waals surface area (Å²) >= 11 is 5.96. The van der Waals surface area contributed by atoms with Gasteiger partial charge in [-0.2, -0.15) is 0 Å². The Labute approximate surface area is 132 Å². The molecule has 1 aliphatic heterocycles. The van der Waals surface area contributed by atoms with Crippen LogP contribution < -0.4 is 4.74 Å². The van der Waals surface area contributed by atoms with Crippen molar-refractivity contribution in [1.29, 1.82) is 0 Å². The standard InChI is InChI=1S/C17H13ClO4/c1-9(17(20)21)10-2-4-14-15(7-10)22-8-11-6-12(18)3-5-13(11)16(14)19/h2-7,9H,8H2,1H3,(H,20,21). The maximum absolute atomic E-state index is 12.6. The van der Waals surface area contributed by atoms with Gasteiger partial charge in [0.15, 0.2) is 5.78 Å². The number of carbonyl (C=O) groups is 2. The van der Waals surface area contributed by atoms with Gasteiger partial charge in [0, 0.05) is 16.1 Å². The van der Waals surface area contributed by atoms with E-state index in [9.17, 15) is 9.59 Å².